The first-order chi connectivity index (χ1) is 12.1. The van der Waals surface area contributed by atoms with Gasteiger partial charge in [0.05, 0.1) is 11.4 Å². The lowest BCUT2D eigenvalue weighted by Crippen LogP contribution is -2.02. The molecule has 0 bridgehead atoms. The molecular weight excluding hydrogens is 328 g/mol. The maximum Gasteiger partial charge on any atom is 0.196 e. The van der Waals surface area contributed by atoms with Crippen molar-refractivity contribution < 1.29 is 0 Å². The van der Waals surface area contributed by atoms with E-state index in [2.05, 4.69) is 46.7 Å². The molecule has 0 aliphatic heterocycles. The Kier molecular flexibility index (Phi) is 4.92. The molecular formula is C20H18N4S. The van der Waals surface area contributed by atoms with Crippen LogP contribution in [0.1, 0.15) is 21.7 Å². The summed E-state index contributed by atoms with van der Waals surface area (Å²) in [5, 5.41) is 16.2. The van der Waals surface area contributed by atoms with Gasteiger partial charge in [-0.1, -0.05) is 47.5 Å². The third-order valence-electron chi connectivity index (χ3n) is 3.83. The van der Waals surface area contributed by atoms with Gasteiger partial charge < -0.3 is 0 Å². The highest BCUT2D eigenvalue weighted by Crippen LogP contribution is 2.23. The third kappa shape index (κ3) is 3.93. The largest absolute Gasteiger partial charge is 0.277 e. The van der Waals surface area contributed by atoms with Gasteiger partial charge in [0.15, 0.2) is 10.7 Å². The highest BCUT2D eigenvalue weighted by molar-refractivity contribution is 7.12. The van der Waals surface area contributed by atoms with Crippen molar-refractivity contribution >= 4 is 22.7 Å². The van der Waals surface area contributed by atoms with Crippen molar-refractivity contribution in [2.45, 2.75) is 20.8 Å². The topological polar surface area (TPSA) is 61.1 Å². The number of hydrazone groups is 1. The van der Waals surface area contributed by atoms with Gasteiger partial charge >= 0.3 is 0 Å². The Morgan fingerprint density at radius 3 is 2.48 bits per heavy atom. The first kappa shape index (κ1) is 16.9. The fourth-order valence-electron chi connectivity index (χ4n) is 2.42. The molecule has 0 unspecified atom stereocenters. The van der Waals surface area contributed by atoms with Crippen molar-refractivity contribution in [2.24, 2.45) is 5.10 Å². The molecule has 3 aromatic rings. The quantitative estimate of drug-likeness (QED) is 0.529. The molecule has 3 rings (SSSR count). The molecule has 4 nitrogen and oxygen atoms in total. The zero-order valence-corrected chi connectivity index (χ0v) is 15.2. The monoisotopic (exact) mass is 346 g/mol. The van der Waals surface area contributed by atoms with Crippen LogP contribution in [-0.4, -0.2) is 10.7 Å². The Morgan fingerprint density at radius 2 is 1.80 bits per heavy atom. The number of anilines is 1. The van der Waals surface area contributed by atoms with E-state index in [1.54, 1.807) is 0 Å². The Bertz CT molecular complexity index is 962. The van der Waals surface area contributed by atoms with Crippen LogP contribution in [0.15, 0.2) is 52.9 Å². The van der Waals surface area contributed by atoms with E-state index < -0.39 is 0 Å². The second-order valence-electron chi connectivity index (χ2n) is 5.91. The lowest BCUT2D eigenvalue weighted by Gasteiger charge is -2.05. The summed E-state index contributed by atoms with van der Waals surface area (Å²) in [7, 11) is 0. The number of aromatic nitrogens is 1. The molecule has 1 aromatic heterocycles. The maximum absolute atomic E-state index is 9.43. The summed E-state index contributed by atoms with van der Waals surface area (Å²) in [6, 6.07) is 16.3. The number of hydrogen-bond acceptors (Lipinski definition) is 5. The molecule has 0 saturated carbocycles. The van der Waals surface area contributed by atoms with Crippen LogP contribution in [0, 0.1) is 32.1 Å². The normalized spacial score (nSPS) is 11.2. The number of nitriles is 1. The predicted octanol–water partition coefficient (Wildman–Crippen LogP) is 5.08. The molecule has 1 N–H and O–H groups in total. The first-order valence-electron chi connectivity index (χ1n) is 7.91. The summed E-state index contributed by atoms with van der Waals surface area (Å²) in [5.74, 6) is 0. The smallest absolute Gasteiger partial charge is 0.196 e. The zero-order valence-electron chi connectivity index (χ0n) is 14.4. The molecule has 2 aromatic carbocycles. The average Bonchev–Trinajstić information content (AvgIpc) is 3.07. The zero-order chi connectivity index (χ0) is 17.8. The number of hydrogen-bond donors (Lipinski definition) is 1. The molecule has 0 saturated heterocycles. The van der Waals surface area contributed by atoms with Gasteiger partial charge in [0.2, 0.25) is 0 Å². The van der Waals surface area contributed by atoms with Gasteiger partial charge in [-0.2, -0.15) is 10.4 Å². The number of aryl methyl sites for hydroxylation is 3. The van der Waals surface area contributed by atoms with Crippen LogP contribution in [0.25, 0.3) is 11.3 Å². The first-order valence-corrected chi connectivity index (χ1v) is 8.79. The van der Waals surface area contributed by atoms with Gasteiger partial charge in [-0.3, -0.25) is 5.43 Å². The van der Waals surface area contributed by atoms with E-state index in [0.717, 1.165) is 22.5 Å². The van der Waals surface area contributed by atoms with Crippen LogP contribution in [0.5, 0.6) is 0 Å². The van der Waals surface area contributed by atoms with E-state index in [-0.39, 0.29) is 5.71 Å². The van der Waals surface area contributed by atoms with E-state index in [9.17, 15) is 5.26 Å². The molecule has 124 valence electrons. The van der Waals surface area contributed by atoms with Crippen molar-refractivity contribution in [3.8, 4) is 17.3 Å². The van der Waals surface area contributed by atoms with Gasteiger partial charge in [-0.15, -0.1) is 11.3 Å². The van der Waals surface area contributed by atoms with Gasteiger partial charge in [-0.05, 0) is 32.4 Å². The summed E-state index contributed by atoms with van der Waals surface area (Å²) >= 11 is 1.42. The minimum absolute atomic E-state index is 0.281. The Hall–Kier alpha value is -2.97. The highest BCUT2D eigenvalue weighted by Gasteiger charge is 2.10. The minimum Gasteiger partial charge on any atom is -0.277 e. The number of benzene rings is 2. The van der Waals surface area contributed by atoms with Crippen LogP contribution in [-0.2, 0) is 0 Å². The second-order valence-corrected chi connectivity index (χ2v) is 6.76. The van der Waals surface area contributed by atoms with Crippen LogP contribution >= 0.6 is 11.3 Å². The molecule has 5 heteroatoms. The highest BCUT2D eigenvalue weighted by atomic mass is 32.1. The number of nitrogens with one attached hydrogen (secondary N) is 1. The molecule has 25 heavy (non-hydrogen) atoms. The predicted molar refractivity (Wildman–Crippen MR) is 104 cm³/mol. The van der Waals surface area contributed by atoms with E-state index in [1.807, 2.05) is 43.5 Å². The molecule has 0 amide bonds. The van der Waals surface area contributed by atoms with Gasteiger partial charge in [0, 0.05) is 10.9 Å². The fourth-order valence-corrected chi connectivity index (χ4v) is 3.18. The minimum atomic E-state index is 0.281. The summed E-state index contributed by atoms with van der Waals surface area (Å²) in [5.41, 5.74) is 9.51. The van der Waals surface area contributed by atoms with Crippen LogP contribution < -0.4 is 5.43 Å². The molecule has 0 atom stereocenters. The van der Waals surface area contributed by atoms with Crippen molar-refractivity contribution in [3.05, 3.63) is 69.5 Å². The van der Waals surface area contributed by atoms with Crippen molar-refractivity contribution in [2.75, 3.05) is 5.43 Å². The summed E-state index contributed by atoms with van der Waals surface area (Å²) in [4.78, 5) is 4.56. The molecule has 0 aliphatic carbocycles. The van der Waals surface area contributed by atoms with Crippen LogP contribution in [0.2, 0.25) is 0 Å². The Balaban J connectivity index is 1.84. The molecule has 0 aliphatic rings. The lowest BCUT2D eigenvalue weighted by atomic mass is 10.1. The Labute approximate surface area is 151 Å². The van der Waals surface area contributed by atoms with Crippen molar-refractivity contribution in [1.82, 2.24) is 4.98 Å². The van der Waals surface area contributed by atoms with E-state index in [0.29, 0.717) is 5.01 Å². The number of thiazole rings is 1. The second kappa shape index (κ2) is 7.29. The van der Waals surface area contributed by atoms with Gasteiger partial charge in [-0.25, -0.2) is 4.98 Å². The van der Waals surface area contributed by atoms with Gasteiger partial charge in [0.1, 0.15) is 6.07 Å². The third-order valence-corrected chi connectivity index (χ3v) is 4.68. The van der Waals surface area contributed by atoms with E-state index in [4.69, 9.17) is 0 Å². The Morgan fingerprint density at radius 1 is 1.08 bits per heavy atom. The lowest BCUT2D eigenvalue weighted by molar-refractivity contribution is 1.27. The molecule has 0 fully saturated rings. The maximum atomic E-state index is 9.43. The number of rotatable bonds is 4. The van der Waals surface area contributed by atoms with Crippen LogP contribution in [0.3, 0.4) is 0 Å². The summed E-state index contributed by atoms with van der Waals surface area (Å²) < 4.78 is 0. The summed E-state index contributed by atoms with van der Waals surface area (Å²) in [6.07, 6.45) is 0. The standard InChI is InChI=1S/C20H18N4S/c1-13-4-7-16(8-5-13)19-12-25-20(22-19)18(11-21)24-23-17-9-6-14(2)10-15(17)3/h4-10,12,23H,1-3H3. The summed E-state index contributed by atoms with van der Waals surface area (Å²) in [6.45, 7) is 6.11. The fraction of sp³-hybridized carbons (Fsp3) is 0.150. The van der Waals surface area contributed by atoms with Gasteiger partial charge in [0.25, 0.3) is 0 Å². The van der Waals surface area contributed by atoms with Crippen molar-refractivity contribution in [1.29, 1.82) is 5.26 Å². The molecule has 1 heterocycles. The van der Waals surface area contributed by atoms with Crippen molar-refractivity contribution in [3.63, 3.8) is 0 Å². The SMILES string of the molecule is Cc1ccc(-c2csc(C(C#N)=NNc3ccc(C)cc3C)n2)cc1. The average molecular weight is 346 g/mol. The molecule has 0 radical (unpaired) electrons. The van der Waals surface area contributed by atoms with Crippen LogP contribution in [0.4, 0.5) is 5.69 Å². The number of nitrogens with zero attached hydrogens (tertiary/aromatic N) is 3. The van der Waals surface area contributed by atoms with E-state index >= 15 is 0 Å². The van der Waals surface area contributed by atoms with E-state index in [1.165, 1.54) is 22.5 Å². The molecule has 0 spiro atoms.